The lowest BCUT2D eigenvalue weighted by Crippen LogP contribution is -2.12. The van der Waals surface area contributed by atoms with Crippen LogP contribution in [0.25, 0.3) is 0 Å². The van der Waals surface area contributed by atoms with E-state index in [1.807, 2.05) is 6.92 Å². The minimum Gasteiger partial charge on any atom is -0.292 e. The zero-order valence-electron chi connectivity index (χ0n) is 6.87. The highest BCUT2D eigenvalue weighted by molar-refractivity contribution is 5.88. The van der Waals surface area contributed by atoms with Gasteiger partial charge >= 0.3 is 0 Å². The van der Waals surface area contributed by atoms with E-state index < -0.39 is 0 Å². The first-order valence-electron chi connectivity index (χ1n) is 3.86. The van der Waals surface area contributed by atoms with Crippen molar-refractivity contribution in [1.82, 2.24) is 20.6 Å². The molecule has 0 atom stereocenters. The summed E-state index contributed by atoms with van der Waals surface area (Å²) in [4.78, 5) is 11.0. The van der Waals surface area contributed by atoms with Gasteiger partial charge in [0, 0.05) is 6.42 Å². The van der Waals surface area contributed by atoms with Crippen LogP contribution in [0.5, 0.6) is 0 Å². The van der Waals surface area contributed by atoms with Gasteiger partial charge in [0.2, 0.25) is 5.91 Å². The number of H-pyrrole nitrogens is 1. The average Bonchev–Trinajstić information content (AvgIpc) is 2.53. The Labute approximate surface area is 69.7 Å². The molecule has 0 aliphatic carbocycles. The van der Waals surface area contributed by atoms with E-state index in [9.17, 15) is 4.79 Å². The van der Waals surface area contributed by atoms with Gasteiger partial charge in [-0.3, -0.25) is 10.1 Å². The minimum atomic E-state index is -0.0711. The molecule has 0 fully saturated rings. The maximum atomic E-state index is 11.0. The van der Waals surface area contributed by atoms with Crippen LogP contribution in [0.2, 0.25) is 0 Å². The molecule has 1 heterocycles. The van der Waals surface area contributed by atoms with Gasteiger partial charge in [-0.25, -0.2) is 0 Å². The molecule has 0 aliphatic rings. The number of carbonyl (C=O) groups is 1. The van der Waals surface area contributed by atoms with Crippen molar-refractivity contribution in [3.05, 3.63) is 0 Å². The number of anilines is 1. The SMILES string of the molecule is CCCCC(=O)Nc1nn[nH]n1. The molecule has 1 aromatic heterocycles. The van der Waals surface area contributed by atoms with Crippen LogP contribution in [0.1, 0.15) is 26.2 Å². The molecule has 0 spiro atoms. The predicted octanol–water partition coefficient (Wildman–Crippen LogP) is 0.328. The molecule has 6 heteroatoms. The smallest absolute Gasteiger partial charge is 0.269 e. The number of nitrogens with zero attached hydrogens (tertiary/aromatic N) is 3. The van der Waals surface area contributed by atoms with Gasteiger partial charge in [-0.1, -0.05) is 18.4 Å². The summed E-state index contributed by atoms with van der Waals surface area (Å²) >= 11 is 0. The number of amides is 1. The number of unbranched alkanes of at least 4 members (excludes halogenated alkanes) is 1. The molecular formula is C6H11N5O. The summed E-state index contributed by atoms with van der Waals surface area (Å²) in [5.41, 5.74) is 0. The number of hydrogen-bond donors (Lipinski definition) is 2. The van der Waals surface area contributed by atoms with Crippen molar-refractivity contribution in [2.75, 3.05) is 5.32 Å². The summed E-state index contributed by atoms with van der Waals surface area (Å²) in [5.74, 6) is 0.161. The first-order valence-corrected chi connectivity index (χ1v) is 3.86. The van der Waals surface area contributed by atoms with E-state index in [1.165, 1.54) is 0 Å². The van der Waals surface area contributed by atoms with Gasteiger partial charge in [0.05, 0.1) is 0 Å². The number of tetrazole rings is 1. The number of carbonyl (C=O) groups excluding carboxylic acids is 1. The molecule has 12 heavy (non-hydrogen) atoms. The largest absolute Gasteiger partial charge is 0.292 e. The molecule has 0 bridgehead atoms. The number of aromatic amines is 1. The van der Waals surface area contributed by atoms with Crippen molar-refractivity contribution >= 4 is 11.9 Å². The summed E-state index contributed by atoms with van der Waals surface area (Å²) in [7, 11) is 0. The van der Waals surface area contributed by atoms with E-state index in [1.54, 1.807) is 0 Å². The van der Waals surface area contributed by atoms with Crippen molar-refractivity contribution in [2.24, 2.45) is 0 Å². The quantitative estimate of drug-likeness (QED) is 0.680. The van der Waals surface area contributed by atoms with Crippen molar-refractivity contribution in [3.8, 4) is 0 Å². The second-order valence-corrected chi connectivity index (χ2v) is 2.39. The van der Waals surface area contributed by atoms with E-state index in [-0.39, 0.29) is 11.9 Å². The molecule has 0 aromatic carbocycles. The Bertz CT molecular complexity index is 232. The highest BCUT2D eigenvalue weighted by Crippen LogP contribution is 1.97. The van der Waals surface area contributed by atoms with Crippen LogP contribution in [0.3, 0.4) is 0 Å². The van der Waals surface area contributed by atoms with Gasteiger partial charge in [-0.15, -0.1) is 5.10 Å². The molecule has 0 saturated carbocycles. The molecule has 2 N–H and O–H groups in total. The Morgan fingerprint density at radius 1 is 1.67 bits per heavy atom. The molecule has 0 radical (unpaired) electrons. The van der Waals surface area contributed by atoms with E-state index in [2.05, 4.69) is 25.9 Å². The summed E-state index contributed by atoms with van der Waals surface area (Å²) < 4.78 is 0. The van der Waals surface area contributed by atoms with Crippen LogP contribution in [0.4, 0.5) is 5.95 Å². The van der Waals surface area contributed by atoms with Gasteiger partial charge < -0.3 is 0 Å². The van der Waals surface area contributed by atoms with Crippen LogP contribution in [-0.4, -0.2) is 26.5 Å². The Kier molecular flexibility index (Phi) is 3.18. The lowest BCUT2D eigenvalue weighted by atomic mass is 10.2. The highest BCUT2D eigenvalue weighted by atomic mass is 16.1. The summed E-state index contributed by atoms with van der Waals surface area (Å²) in [6.07, 6.45) is 2.38. The van der Waals surface area contributed by atoms with Gasteiger partial charge in [-0.2, -0.15) is 5.21 Å². The highest BCUT2D eigenvalue weighted by Gasteiger charge is 2.03. The predicted molar refractivity (Wildman–Crippen MR) is 42.3 cm³/mol. The standard InChI is InChI=1S/C6H11N5O/c1-2-3-4-5(12)7-6-8-10-11-9-6/h2-4H2,1H3,(H2,7,8,9,10,11,12). The van der Waals surface area contributed by atoms with Crippen LogP contribution >= 0.6 is 0 Å². The van der Waals surface area contributed by atoms with Crippen LogP contribution in [0.15, 0.2) is 0 Å². The lowest BCUT2D eigenvalue weighted by molar-refractivity contribution is -0.116. The van der Waals surface area contributed by atoms with Crippen LogP contribution in [-0.2, 0) is 4.79 Å². The van der Waals surface area contributed by atoms with Gasteiger partial charge in [0.15, 0.2) is 0 Å². The number of rotatable bonds is 4. The number of aromatic nitrogens is 4. The maximum absolute atomic E-state index is 11.0. The number of nitrogens with one attached hydrogen (secondary N) is 2. The first-order chi connectivity index (χ1) is 5.83. The Morgan fingerprint density at radius 2 is 2.50 bits per heavy atom. The molecule has 66 valence electrons. The lowest BCUT2D eigenvalue weighted by Gasteiger charge is -1.97. The molecule has 6 nitrogen and oxygen atoms in total. The van der Waals surface area contributed by atoms with Crippen molar-refractivity contribution in [1.29, 1.82) is 0 Å². The third kappa shape index (κ3) is 2.65. The fraction of sp³-hybridized carbons (Fsp3) is 0.667. The average molecular weight is 169 g/mol. The molecule has 0 unspecified atom stereocenters. The monoisotopic (exact) mass is 169 g/mol. The van der Waals surface area contributed by atoms with Gasteiger partial charge in [0.25, 0.3) is 5.95 Å². The summed E-state index contributed by atoms with van der Waals surface area (Å²) in [6.45, 7) is 2.03. The molecule has 0 saturated heterocycles. The maximum Gasteiger partial charge on any atom is 0.269 e. The zero-order chi connectivity index (χ0) is 8.81. The second-order valence-electron chi connectivity index (χ2n) is 2.39. The zero-order valence-corrected chi connectivity index (χ0v) is 6.87. The Balaban J connectivity index is 2.27. The summed E-state index contributed by atoms with van der Waals surface area (Å²) in [6, 6.07) is 0. The normalized spacial score (nSPS) is 9.75. The molecular weight excluding hydrogens is 158 g/mol. The Morgan fingerprint density at radius 3 is 3.08 bits per heavy atom. The van der Waals surface area contributed by atoms with E-state index in [4.69, 9.17) is 0 Å². The Hall–Kier alpha value is -1.46. The van der Waals surface area contributed by atoms with E-state index in [0.29, 0.717) is 6.42 Å². The second kappa shape index (κ2) is 4.42. The molecule has 1 aromatic rings. The van der Waals surface area contributed by atoms with Gasteiger partial charge in [0.1, 0.15) is 0 Å². The minimum absolute atomic E-state index is 0.0711. The fourth-order valence-corrected chi connectivity index (χ4v) is 0.739. The van der Waals surface area contributed by atoms with Crippen molar-refractivity contribution < 1.29 is 4.79 Å². The third-order valence-electron chi connectivity index (χ3n) is 1.35. The molecule has 1 rings (SSSR count). The fourth-order valence-electron chi connectivity index (χ4n) is 0.739. The molecule has 0 aliphatic heterocycles. The first kappa shape index (κ1) is 8.63. The van der Waals surface area contributed by atoms with Crippen molar-refractivity contribution in [3.63, 3.8) is 0 Å². The van der Waals surface area contributed by atoms with Crippen LogP contribution in [0, 0.1) is 0 Å². The molecule has 1 amide bonds. The topological polar surface area (TPSA) is 83.6 Å². The number of hydrogen-bond acceptors (Lipinski definition) is 4. The van der Waals surface area contributed by atoms with Crippen LogP contribution < -0.4 is 5.32 Å². The van der Waals surface area contributed by atoms with Crippen molar-refractivity contribution in [2.45, 2.75) is 26.2 Å². The van der Waals surface area contributed by atoms with Gasteiger partial charge in [-0.05, 0) is 11.6 Å². The van der Waals surface area contributed by atoms with E-state index >= 15 is 0 Å². The third-order valence-corrected chi connectivity index (χ3v) is 1.35. The van der Waals surface area contributed by atoms with E-state index in [0.717, 1.165) is 12.8 Å². The summed E-state index contributed by atoms with van der Waals surface area (Å²) in [5, 5.41) is 15.2.